The van der Waals surface area contributed by atoms with Crippen LogP contribution in [-0.4, -0.2) is 214 Å². The fourth-order valence-electron chi connectivity index (χ4n) is 14.9. The van der Waals surface area contributed by atoms with Crippen molar-refractivity contribution in [2.75, 3.05) is 17.3 Å². The molecule has 826 valence electrons. The largest absolute Gasteiger partial charge is 0.444 e. The number of halogens is 19. The molecule has 147 heavy (non-hydrogen) atoms. The zero-order valence-corrected chi connectivity index (χ0v) is 86.7. The van der Waals surface area contributed by atoms with E-state index in [0.717, 1.165) is 28.7 Å². The van der Waals surface area contributed by atoms with E-state index in [1.807, 2.05) is 30.3 Å². The quantitative estimate of drug-likeness (QED) is 0.00917. The van der Waals surface area contributed by atoms with Crippen LogP contribution in [0.2, 0.25) is 15.5 Å². The number of benzene rings is 1. The van der Waals surface area contributed by atoms with Crippen molar-refractivity contribution in [1.29, 1.82) is 10.5 Å². The van der Waals surface area contributed by atoms with Crippen LogP contribution < -0.4 is 60.6 Å². The Hall–Kier alpha value is -10.7. The number of nitrogens with two attached hydrogens (primary N) is 5. The number of azide groups is 3. The van der Waals surface area contributed by atoms with Crippen molar-refractivity contribution in [3.63, 3.8) is 0 Å². The molecular formula is C89H128Cl3F16N25O13S. The van der Waals surface area contributed by atoms with Crippen molar-refractivity contribution in [2.45, 2.75) is 393 Å². The molecule has 5 amide bonds. The first kappa shape index (κ1) is 130. The second-order valence-electron chi connectivity index (χ2n) is 39.9. The van der Waals surface area contributed by atoms with Gasteiger partial charge in [-0.15, -0.1) is 0 Å². The van der Waals surface area contributed by atoms with E-state index in [2.05, 4.69) is 81.1 Å². The molecule has 3 heterocycles. The van der Waals surface area contributed by atoms with Gasteiger partial charge < -0.3 is 84.3 Å². The molecule has 11 rings (SSSR count). The number of nitriles is 2. The summed E-state index contributed by atoms with van der Waals surface area (Å²) < 4.78 is 267. The number of hydrogen-bond acceptors (Lipinski definition) is 27. The van der Waals surface area contributed by atoms with Crippen LogP contribution in [0, 0.1) is 34.3 Å². The smallest absolute Gasteiger partial charge is 0.408 e. The van der Waals surface area contributed by atoms with Gasteiger partial charge in [0.15, 0.2) is 28.7 Å². The maximum absolute atomic E-state index is 13.9. The van der Waals surface area contributed by atoms with Crippen molar-refractivity contribution in [3.8, 4) is 12.1 Å². The van der Waals surface area contributed by atoms with Crippen molar-refractivity contribution < 1.29 is 131 Å². The molecule has 16 N–H and O–H groups in total. The van der Waals surface area contributed by atoms with E-state index in [-0.39, 0.29) is 109 Å². The first-order valence-electron chi connectivity index (χ1n) is 46.0. The molecular weight excluding hydrogens is 2070 g/mol. The highest BCUT2D eigenvalue weighted by atomic mass is 35.5. The average Bonchev–Trinajstić information content (AvgIpc) is 0.814. The summed E-state index contributed by atoms with van der Waals surface area (Å²) in [5.74, 6) is -23.1. The Labute approximate surface area is 855 Å². The van der Waals surface area contributed by atoms with E-state index in [1.165, 1.54) is 0 Å². The van der Waals surface area contributed by atoms with Gasteiger partial charge >= 0.3 is 30.5 Å². The predicted molar refractivity (Wildman–Crippen MR) is 514 cm³/mol. The molecule has 3 aromatic heterocycles. The van der Waals surface area contributed by atoms with E-state index in [1.54, 1.807) is 122 Å². The summed E-state index contributed by atoms with van der Waals surface area (Å²) in [5, 5.41) is 41.2. The highest BCUT2D eigenvalue weighted by Crippen LogP contribution is 2.43. The van der Waals surface area contributed by atoms with Gasteiger partial charge in [0.25, 0.3) is 51.6 Å². The predicted octanol–water partition coefficient (Wildman–Crippen LogP) is 21.6. The van der Waals surface area contributed by atoms with Crippen LogP contribution in [0.5, 0.6) is 0 Å². The SMILES string of the molecule is CC(C)(C)OC(=O)N[C@@H]1CCCC(F)(F)[C@@H]1N.CC(C)(C)OC(=O)N[C@@H]1CCCC(F)(F)[C@@H]1N=[N+]=[N-].CC(C)(C)OC(=O)N[C@@H]1CCCC(F)(F)[C@@H]1N=[N+]=[N-].CC(C)(C)OC(=O)N[C@@H]1CCCC(F)(F)[C@H]1OS(C)(=O)=O.CC(C)(C)OC(=O)N[C@@H]1[C@@H](N=[N+]=[N-])CCCC1(F)F.N#Cc1cc(F)c(Cl)nc1Cl.N#Cc1cc(F)c(N[C@@H]2CCCC(F)(F)[C@@H]2N)nc1Cl.N[C@@H]1CCCC(F)(F)[C@@H]1N.Nc1ccc2ncccc2c1. The Balaban J connectivity index is 0.000000428. The van der Waals surface area contributed by atoms with Crippen molar-refractivity contribution in [2.24, 2.45) is 38.3 Å². The normalized spacial score (nSPS) is 24.7. The molecule has 58 heteroatoms. The first-order valence-corrected chi connectivity index (χ1v) is 48.9. The maximum Gasteiger partial charge on any atom is 0.408 e. The van der Waals surface area contributed by atoms with Gasteiger partial charge in [-0.25, -0.2) is 104 Å². The molecule has 0 unspecified atom stereocenters. The summed E-state index contributed by atoms with van der Waals surface area (Å²) in [6.07, 6.45) is -0.996. The molecule has 0 bridgehead atoms. The molecule has 7 fully saturated rings. The standard InChI is InChI=1S/C12H12ClF3N4.C12H21F2NO5S.3C11H18F2N4O2.C11H20F2N2O2.C9H8N2.C6HCl2FN2.C6H12F2N2/c13-10-6(5-17)4-7(14)11(20-10)19-8-2-1-3-12(15,16)9(8)18;1-11(2,3)19-10(16)15-8-6-5-7-12(13,14)9(8)20-21(4,17)18;1-10(2,3)19-9(18)15-8-7(16-17-14)5-4-6-11(8,12)13;2*1-10(2,3)19-9(18)15-7-5-4-6-11(12,13)8(7)16-17-14;1-10(2,3)17-9(16)15-7-5-4-6-11(12,13)8(7)14;10-8-3-4-9-7(6-8)2-1-5-11-9;7-5-3(2-10)1-4(9)6(8)11-5;7-6(8)3-1-2-4(9)5(6)10/h4,8-9H,1-3,18H2,(H,19,20);8-9H,5-7H2,1-4H3,(H,15,16);3*7-8H,4-6H2,1-3H3,(H,15,18);7-8H,4-6,14H2,1-3H3,(H,15,16);1-6H,10H2;1H;4-5H,1-3,9-10H2/t8-,9-;8-,9+;7-,8+;3*7-,8-;;;4-,5-/m110111..1/s1. The lowest BCUT2D eigenvalue weighted by Crippen LogP contribution is -2.59. The van der Waals surface area contributed by atoms with Gasteiger partial charge in [0.05, 0.1) is 59.2 Å². The van der Waals surface area contributed by atoms with E-state index in [0.29, 0.717) is 57.6 Å². The number of nitrogens with zero attached hydrogens (tertiary/aromatic N) is 14. The maximum atomic E-state index is 13.9. The summed E-state index contributed by atoms with van der Waals surface area (Å²) in [6, 6.07) is 0.280. The first-order chi connectivity index (χ1) is 67.3. The monoisotopic (exact) mass is 2200 g/mol. The summed E-state index contributed by atoms with van der Waals surface area (Å²) in [5.41, 5.74) is 50.2. The van der Waals surface area contributed by atoms with Gasteiger partial charge in [0, 0.05) is 101 Å². The Bertz CT molecular complexity index is 5300. The number of amides is 5. The lowest BCUT2D eigenvalue weighted by Gasteiger charge is -2.37. The molecule has 0 saturated heterocycles. The molecule has 0 spiro atoms. The fourth-order valence-corrected chi connectivity index (χ4v) is 16.1. The third-order valence-corrected chi connectivity index (χ3v) is 22.9. The fraction of sp³-hybridized carbons (Fsp3) is 0.708. The topological polar surface area (TPSA) is 610 Å². The Morgan fingerprint density at radius 3 is 1.20 bits per heavy atom. The molecule has 0 radical (unpaired) electrons. The van der Waals surface area contributed by atoms with Gasteiger partial charge in [-0.05, 0) is 247 Å². The minimum atomic E-state index is -4.07. The molecule has 4 aromatic rings. The highest BCUT2D eigenvalue weighted by molar-refractivity contribution is 7.86. The van der Waals surface area contributed by atoms with Gasteiger partial charge in [-0.1, -0.05) is 56.2 Å². The molecule has 1 aromatic carbocycles. The van der Waals surface area contributed by atoms with Crippen LogP contribution in [0.3, 0.4) is 0 Å². The second kappa shape index (κ2) is 55.7. The van der Waals surface area contributed by atoms with Crippen molar-refractivity contribution >= 4 is 97.8 Å². The summed E-state index contributed by atoms with van der Waals surface area (Å²) in [7, 11) is -4.07. The number of aromatic nitrogens is 3. The van der Waals surface area contributed by atoms with Crippen LogP contribution in [0.15, 0.2) is 64.0 Å². The van der Waals surface area contributed by atoms with E-state index >= 15 is 0 Å². The third kappa shape index (κ3) is 46.5. The summed E-state index contributed by atoms with van der Waals surface area (Å²) in [4.78, 5) is 76.5. The summed E-state index contributed by atoms with van der Waals surface area (Å²) in [6.45, 7) is 25.0. The molecule has 0 aliphatic heterocycles. The number of anilines is 2. The van der Waals surface area contributed by atoms with Crippen LogP contribution >= 0.6 is 34.8 Å². The molecule has 7 aliphatic rings. The zero-order valence-electron chi connectivity index (χ0n) is 83.6. The van der Waals surface area contributed by atoms with Crippen LogP contribution in [0.4, 0.5) is 106 Å². The number of carbonyl (C=O) groups is 5. The van der Waals surface area contributed by atoms with Gasteiger partial charge in [0.2, 0.25) is 0 Å². The number of alkyl halides is 14. The van der Waals surface area contributed by atoms with E-state index in [9.17, 15) is 103 Å². The van der Waals surface area contributed by atoms with Crippen molar-refractivity contribution in [1.82, 2.24) is 41.5 Å². The number of rotatable bonds is 12. The molecule has 38 nitrogen and oxygen atoms in total. The number of fused-ring (bicyclic) bond motifs is 1. The van der Waals surface area contributed by atoms with E-state index in [4.69, 9.17) is 114 Å². The third-order valence-electron chi connectivity index (χ3n) is 21.5. The summed E-state index contributed by atoms with van der Waals surface area (Å²) >= 11 is 16.4. The molecule has 14 atom stereocenters. The van der Waals surface area contributed by atoms with E-state index < -0.39 is 213 Å². The molecule has 7 aliphatic carbocycles. The molecule has 7 saturated carbocycles. The van der Waals surface area contributed by atoms with Gasteiger partial charge in [-0.2, -0.15) is 18.9 Å². The Morgan fingerprint density at radius 2 is 0.796 bits per heavy atom. The van der Waals surface area contributed by atoms with Crippen LogP contribution in [0.25, 0.3) is 42.2 Å². The minimum absolute atomic E-state index is 0.0198. The zero-order chi connectivity index (χ0) is 113. The Kier molecular flexibility index (Phi) is 49.4. The average molecular weight is 2200 g/mol. The van der Waals surface area contributed by atoms with Gasteiger partial charge in [-0.3, -0.25) is 9.17 Å². The number of hydrogen-bond donors (Lipinski definition) is 11. The number of carbonyl (C=O) groups excluding carboxylic acids is 5. The van der Waals surface area contributed by atoms with Gasteiger partial charge in [0.1, 0.15) is 68.6 Å². The lowest BCUT2D eigenvalue weighted by atomic mass is 9.87. The van der Waals surface area contributed by atoms with Crippen LogP contribution in [-0.2, 0) is 38.0 Å². The number of ether oxygens (including phenoxy) is 5. The minimum Gasteiger partial charge on any atom is -0.444 e. The number of alkyl carbamates (subject to hydrolysis) is 5. The Morgan fingerprint density at radius 1 is 0.449 bits per heavy atom. The lowest BCUT2D eigenvalue weighted by molar-refractivity contribution is -0.129. The number of pyridine rings is 3. The van der Waals surface area contributed by atoms with Crippen LogP contribution in [0.1, 0.15) is 250 Å². The number of nitrogen functional groups attached to an aromatic ring is 1. The number of nitrogens with one attached hydrogen (secondary N) is 6. The second-order valence-corrected chi connectivity index (χ2v) is 42.6. The highest BCUT2D eigenvalue weighted by Gasteiger charge is 2.54. The van der Waals surface area contributed by atoms with Crippen molar-refractivity contribution in [3.05, 3.63) is 118 Å².